The minimum atomic E-state index is -1.74. The van der Waals surface area contributed by atoms with Crippen LogP contribution in [0.3, 0.4) is 0 Å². The summed E-state index contributed by atoms with van der Waals surface area (Å²) >= 11 is 0. The Morgan fingerprint density at radius 3 is 1.38 bits per heavy atom. The zero-order chi connectivity index (χ0) is 21.6. The van der Waals surface area contributed by atoms with Gasteiger partial charge in [0, 0.05) is 0 Å². The van der Waals surface area contributed by atoms with Gasteiger partial charge in [-0.3, -0.25) is 9.59 Å². The van der Waals surface area contributed by atoms with E-state index in [0.29, 0.717) is 0 Å². The van der Waals surface area contributed by atoms with Crippen LogP contribution in [0.5, 0.6) is 11.5 Å². The van der Waals surface area contributed by atoms with E-state index in [2.05, 4.69) is 0 Å². The van der Waals surface area contributed by atoms with Crippen molar-refractivity contribution in [1.29, 1.82) is 0 Å². The van der Waals surface area contributed by atoms with E-state index < -0.39 is 29.3 Å². The van der Waals surface area contributed by atoms with Gasteiger partial charge in [0.25, 0.3) is 0 Å². The third kappa shape index (κ3) is 4.43. The SMILES string of the molecule is CCC(CC)(C(=O)Oc1ccccc1C(=O)O)C(=O)Oc1ccccc1C(=O)O. The largest absolute Gasteiger partial charge is 0.478 e. The van der Waals surface area contributed by atoms with Crippen molar-refractivity contribution >= 4 is 23.9 Å². The molecule has 0 heterocycles. The molecule has 0 bridgehead atoms. The van der Waals surface area contributed by atoms with Crippen molar-refractivity contribution in [1.82, 2.24) is 0 Å². The zero-order valence-corrected chi connectivity index (χ0v) is 15.9. The lowest BCUT2D eigenvalue weighted by molar-refractivity contribution is -0.161. The number of carbonyl (C=O) groups excluding carboxylic acids is 2. The standard InChI is InChI=1S/C21H20O8/c1-3-21(4-2,19(26)28-15-11-7-5-9-13(15)17(22)23)20(27)29-16-12-8-6-10-14(16)18(24)25/h5-12H,3-4H2,1-2H3,(H,22,23)(H,24,25). The van der Waals surface area contributed by atoms with Gasteiger partial charge in [-0.05, 0) is 37.1 Å². The van der Waals surface area contributed by atoms with Gasteiger partial charge in [-0.2, -0.15) is 0 Å². The van der Waals surface area contributed by atoms with Crippen LogP contribution in [0.2, 0.25) is 0 Å². The van der Waals surface area contributed by atoms with E-state index >= 15 is 0 Å². The molecule has 29 heavy (non-hydrogen) atoms. The molecule has 0 spiro atoms. The average molecular weight is 400 g/mol. The number of esters is 2. The van der Waals surface area contributed by atoms with Gasteiger partial charge < -0.3 is 19.7 Å². The van der Waals surface area contributed by atoms with Gasteiger partial charge in [0.2, 0.25) is 0 Å². The van der Waals surface area contributed by atoms with Crippen LogP contribution < -0.4 is 9.47 Å². The molecule has 0 unspecified atom stereocenters. The average Bonchev–Trinajstić information content (AvgIpc) is 2.70. The number of ether oxygens (including phenoxy) is 2. The molecule has 0 aromatic heterocycles. The Bertz CT molecular complexity index is 870. The molecule has 0 radical (unpaired) electrons. The normalized spacial score (nSPS) is 10.8. The fraction of sp³-hybridized carbons (Fsp3) is 0.238. The predicted octanol–water partition coefficient (Wildman–Crippen LogP) is 3.40. The van der Waals surface area contributed by atoms with E-state index in [4.69, 9.17) is 9.47 Å². The summed E-state index contributed by atoms with van der Waals surface area (Å²) in [7, 11) is 0. The first-order valence-electron chi connectivity index (χ1n) is 8.86. The van der Waals surface area contributed by atoms with E-state index in [1.807, 2.05) is 0 Å². The molecule has 2 aromatic rings. The summed E-state index contributed by atoms with van der Waals surface area (Å²) in [5.41, 5.74) is -2.20. The Balaban J connectivity index is 2.36. The Kier molecular flexibility index (Phi) is 6.71. The molecule has 0 saturated heterocycles. The lowest BCUT2D eigenvalue weighted by atomic mass is 9.82. The van der Waals surface area contributed by atoms with Crippen LogP contribution in [-0.4, -0.2) is 34.1 Å². The molecular weight excluding hydrogens is 380 g/mol. The van der Waals surface area contributed by atoms with Crippen LogP contribution in [0.15, 0.2) is 48.5 Å². The molecule has 8 nitrogen and oxygen atoms in total. The highest BCUT2D eigenvalue weighted by Crippen LogP contribution is 2.33. The van der Waals surface area contributed by atoms with Crippen molar-refractivity contribution in [2.75, 3.05) is 0 Å². The summed E-state index contributed by atoms with van der Waals surface area (Å²) in [5, 5.41) is 18.5. The van der Waals surface area contributed by atoms with Gasteiger partial charge >= 0.3 is 23.9 Å². The molecule has 2 N–H and O–H groups in total. The third-order valence-corrected chi connectivity index (χ3v) is 4.63. The molecule has 152 valence electrons. The highest BCUT2D eigenvalue weighted by molar-refractivity contribution is 6.03. The molecule has 0 aliphatic carbocycles. The highest BCUT2D eigenvalue weighted by atomic mass is 16.6. The number of para-hydroxylation sites is 2. The van der Waals surface area contributed by atoms with Crippen LogP contribution in [0.1, 0.15) is 47.4 Å². The van der Waals surface area contributed by atoms with Gasteiger partial charge in [-0.1, -0.05) is 38.1 Å². The number of carboxylic acids is 2. The first-order valence-corrected chi connectivity index (χ1v) is 8.86. The first kappa shape index (κ1) is 21.6. The molecule has 2 rings (SSSR count). The molecule has 0 saturated carbocycles. The predicted molar refractivity (Wildman–Crippen MR) is 101 cm³/mol. The zero-order valence-electron chi connectivity index (χ0n) is 15.9. The molecular formula is C21H20O8. The molecule has 2 aromatic carbocycles. The first-order chi connectivity index (χ1) is 13.8. The second kappa shape index (κ2) is 9.01. The Morgan fingerprint density at radius 1 is 0.724 bits per heavy atom. The van der Waals surface area contributed by atoms with E-state index in [9.17, 15) is 29.4 Å². The van der Waals surface area contributed by atoms with Gasteiger partial charge in [0.15, 0.2) is 5.41 Å². The minimum absolute atomic E-state index is 0.00560. The summed E-state index contributed by atoms with van der Waals surface area (Å²) in [6, 6.07) is 11.1. The lowest BCUT2D eigenvalue weighted by Gasteiger charge is -2.27. The summed E-state index contributed by atoms with van der Waals surface area (Å²) in [4.78, 5) is 48.4. The topological polar surface area (TPSA) is 127 Å². The Hall–Kier alpha value is -3.68. The molecule has 0 amide bonds. The van der Waals surface area contributed by atoms with Crippen molar-refractivity contribution in [2.45, 2.75) is 26.7 Å². The lowest BCUT2D eigenvalue weighted by Crippen LogP contribution is -2.44. The van der Waals surface area contributed by atoms with Crippen LogP contribution in [0.25, 0.3) is 0 Å². The smallest absolute Gasteiger partial charge is 0.339 e. The van der Waals surface area contributed by atoms with Gasteiger partial charge in [0.05, 0.1) is 0 Å². The fourth-order valence-corrected chi connectivity index (χ4v) is 2.77. The number of benzene rings is 2. The second-order valence-electron chi connectivity index (χ2n) is 6.17. The molecule has 0 aliphatic heterocycles. The van der Waals surface area contributed by atoms with Crippen molar-refractivity contribution in [2.24, 2.45) is 5.41 Å². The van der Waals surface area contributed by atoms with Crippen LogP contribution in [0, 0.1) is 5.41 Å². The maximum absolute atomic E-state index is 12.9. The minimum Gasteiger partial charge on any atom is -0.478 e. The van der Waals surface area contributed by atoms with E-state index in [0.717, 1.165) is 0 Å². The maximum Gasteiger partial charge on any atom is 0.339 e. The number of carbonyl (C=O) groups is 4. The Morgan fingerprint density at radius 2 is 1.07 bits per heavy atom. The summed E-state index contributed by atoms with van der Waals surface area (Å²) < 4.78 is 10.5. The summed E-state index contributed by atoms with van der Waals surface area (Å²) in [5.74, 6) is -4.93. The van der Waals surface area contributed by atoms with E-state index in [1.54, 1.807) is 13.8 Å². The molecule has 0 fully saturated rings. The number of carboxylic acid groups (broad SMARTS) is 2. The van der Waals surface area contributed by atoms with Gasteiger partial charge in [-0.15, -0.1) is 0 Å². The third-order valence-electron chi connectivity index (χ3n) is 4.63. The number of hydrogen-bond donors (Lipinski definition) is 2. The highest BCUT2D eigenvalue weighted by Gasteiger charge is 2.47. The van der Waals surface area contributed by atoms with Crippen LogP contribution >= 0.6 is 0 Å². The number of aromatic carboxylic acids is 2. The quantitative estimate of drug-likeness (QED) is 0.392. The molecule has 0 aliphatic rings. The van der Waals surface area contributed by atoms with Crippen LogP contribution in [-0.2, 0) is 9.59 Å². The van der Waals surface area contributed by atoms with Gasteiger partial charge in [-0.25, -0.2) is 9.59 Å². The fourth-order valence-electron chi connectivity index (χ4n) is 2.77. The monoisotopic (exact) mass is 400 g/mol. The van der Waals surface area contributed by atoms with Crippen LogP contribution in [0.4, 0.5) is 0 Å². The van der Waals surface area contributed by atoms with Gasteiger partial charge in [0.1, 0.15) is 22.6 Å². The van der Waals surface area contributed by atoms with Crippen molar-refractivity contribution in [3.05, 3.63) is 59.7 Å². The van der Waals surface area contributed by atoms with E-state index in [-0.39, 0.29) is 35.5 Å². The van der Waals surface area contributed by atoms with Crippen molar-refractivity contribution < 1.29 is 38.9 Å². The number of rotatable bonds is 8. The summed E-state index contributed by atoms with van der Waals surface area (Å²) in [6.07, 6.45) is 0.0112. The van der Waals surface area contributed by atoms with Crippen molar-refractivity contribution in [3.8, 4) is 11.5 Å². The number of hydrogen-bond acceptors (Lipinski definition) is 6. The Labute approximate surface area is 166 Å². The molecule has 8 heteroatoms. The van der Waals surface area contributed by atoms with Crippen molar-refractivity contribution in [3.63, 3.8) is 0 Å². The van der Waals surface area contributed by atoms with E-state index in [1.165, 1.54) is 48.5 Å². The molecule has 0 atom stereocenters. The summed E-state index contributed by atoms with van der Waals surface area (Å²) in [6.45, 7) is 3.16. The maximum atomic E-state index is 12.9. The second-order valence-corrected chi connectivity index (χ2v) is 6.17.